The van der Waals surface area contributed by atoms with Crippen LogP contribution in [0.5, 0.6) is 0 Å². The summed E-state index contributed by atoms with van der Waals surface area (Å²) in [6.45, 7) is 4.25. The molecule has 0 N–H and O–H groups in total. The molecule has 0 saturated carbocycles. The van der Waals surface area contributed by atoms with Crippen molar-refractivity contribution in [1.82, 2.24) is 0 Å². The highest BCUT2D eigenvalue weighted by molar-refractivity contribution is 7.97. The largest absolute Gasteiger partial charge is 0.163 e. The molecule has 0 spiro atoms. The monoisotopic (exact) mass is 281 g/mol. The van der Waals surface area contributed by atoms with Gasteiger partial charge in [0.05, 0.1) is 10.9 Å². The summed E-state index contributed by atoms with van der Waals surface area (Å²) < 4.78 is 0. The lowest BCUT2D eigenvalue weighted by atomic mass is 10.2. The summed E-state index contributed by atoms with van der Waals surface area (Å²) >= 11 is 0. The van der Waals surface area contributed by atoms with Crippen LogP contribution in [0.3, 0.4) is 0 Å². The molecule has 1 heteroatoms. The molecule has 2 rings (SSSR count). The minimum atomic E-state index is 0.113. The van der Waals surface area contributed by atoms with Gasteiger partial charge < -0.3 is 0 Å². The molecular formula is C19H21S+. The third kappa shape index (κ3) is 3.88. The van der Waals surface area contributed by atoms with Crippen molar-refractivity contribution in [3.05, 3.63) is 84.5 Å². The fourth-order valence-corrected chi connectivity index (χ4v) is 4.19. The maximum Gasteiger partial charge on any atom is 0.163 e. The van der Waals surface area contributed by atoms with Crippen LogP contribution in [0.4, 0.5) is 0 Å². The van der Waals surface area contributed by atoms with Gasteiger partial charge in [0, 0.05) is 5.56 Å². The van der Waals surface area contributed by atoms with Crippen molar-refractivity contribution in [3.63, 3.8) is 0 Å². The quantitative estimate of drug-likeness (QED) is 0.524. The van der Waals surface area contributed by atoms with E-state index in [1.54, 1.807) is 0 Å². The van der Waals surface area contributed by atoms with Crippen molar-refractivity contribution in [3.8, 4) is 0 Å². The van der Waals surface area contributed by atoms with E-state index in [0.29, 0.717) is 0 Å². The number of hydrogen-bond donors (Lipinski definition) is 0. The Hall–Kier alpha value is -1.73. The molecular weight excluding hydrogens is 260 g/mol. The van der Waals surface area contributed by atoms with Crippen LogP contribution in [0.25, 0.3) is 0 Å². The van der Waals surface area contributed by atoms with E-state index in [9.17, 15) is 0 Å². The standard InChI is InChI=1S/C19H21S/c1-3-4-5-11-16-20(18-13-7-6-8-14-18)19-15-10-9-12-17(19)2/h3-15H,16H2,1-2H3/q+1/b4-3-,11-5-. The molecule has 0 nitrogen and oxygen atoms in total. The Morgan fingerprint density at radius 2 is 1.60 bits per heavy atom. The Morgan fingerprint density at radius 1 is 0.900 bits per heavy atom. The number of hydrogen-bond acceptors (Lipinski definition) is 0. The molecule has 0 aliphatic carbocycles. The first-order chi connectivity index (χ1) is 9.83. The van der Waals surface area contributed by atoms with E-state index in [0.717, 1.165) is 5.75 Å². The second-order valence-electron chi connectivity index (χ2n) is 4.59. The van der Waals surface area contributed by atoms with Gasteiger partial charge >= 0.3 is 0 Å². The molecule has 0 amide bonds. The van der Waals surface area contributed by atoms with Crippen molar-refractivity contribution < 1.29 is 0 Å². The Balaban J connectivity index is 2.32. The van der Waals surface area contributed by atoms with Gasteiger partial charge in [0.25, 0.3) is 0 Å². The van der Waals surface area contributed by atoms with Crippen molar-refractivity contribution in [2.75, 3.05) is 5.75 Å². The van der Waals surface area contributed by atoms with Gasteiger partial charge in [0.2, 0.25) is 0 Å². The highest BCUT2D eigenvalue weighted by Crippen LogP contribution is 2.26. The maximum absolute atomic E-state index is 2.27. The second kappa shape index (κ2) is 7.76. The van der Waals surface area contributed by atoms with Gasteiger partial charge in [-0.2, -0.15) is 0 Å². The number of rotatable bonds is 5. The van der Waals surface area contributed by atoms with Crippen LogP contribution in [0.2, 0.25) is 0 Å². The molecule has 0 aliphatic rings. The van der Waals surface area contributed by atoms with Gasteiger partial charge in [0.15, 0.2) is 9.79 Å². The topological polar surface area (TPSA) is 0 Å². The molecule has 2 aromatic carbocycles. The zero-order chi connectivity index (χ0) is 14.2. The fraction of sp³-hybridized carbons (Fsp3) is 0.158. The Morgan fingerprint density at radius 3 is 2.30 bits per heavy atom. The lowest BCUT2D eigenvalue weighted by molar-refractivity contribution is 1.27. The van der Waals surface area contributed by atoms with Crippen molar-refractivity contribution in [1.29, 1.82) is 0 Å². The van der Waals surface area contributed by atoms with Gasteiger partial charge in [0.1, 0.15) is 5.75 Å². The molecule has 0 bridgehead atoms. The molecule has 102 valence electrons. The van der Waals surface area contributed by atoms with Crippen LogP contribution in [0.15, 0.2) is 88.7 Å². The smallest absolute Gasteiger partial charge is 0.0877 e. The number of aryl methyl sites for hydroxylation is 1. The minimum Gasteiger partial charge on any atom is -0.0877 e. The highest BCUT2D eigenvalue weighted by Gasteiger charge is 2.24. The SMILES string of the molecule is C/C=C\C=C/C[S+](c1ccccc1)c1ccccc1C. The van der Waals surface area contributed by atoms with Crippen LogP contribution >= 0.6 is 0 Å². The van der Waals surface area contributed by atoms with Crippen molar-refractivity contribution in [2.24, 2.45) is 0 Å². The Bertz CT molecular complexity index is 582. The Labute approximate surface area is 125 Å². The molecule has 0 radical (unpaired) electrons. The first-order valence-corrected chi connectivity index (χ1v) is 8.31. The van der Waals surface area contributed by atoms with Crippen LogP contribution in [-0.4, -0.2) is 5.75 Å². The minimum absolute atomic E-state index is 0.113. The zero-order valence-corrected chi connectivity index (χ0v) is 12.9. The molecule has 0 fully saturated rings. The van der Waals surface area contributed by atoms with E-state index in [1.165, 1.54) is 15.4 Å². The second-order valence-corrected chi connectivity index (χ2v) is 6.62. The summed E-state index contributed by atoms with van der Waals surface area (Å²) in [5.74, 6) is 1.05. The molecule has 20 heavy (non-hydrogen) atoms. The third-order valence-corrected chi connectivity index (χ3v) is 5.45. The average molecular weight is 281 g/mol. The summed E-state index contributed by atoms with van der Waals surface area (Å²) in [7, 11) is 0.113. The molecule has 1 atom stereocenters. The van der Waals surface area contributed by atoms with Crippen LogP contribution in [-0.2, 0) is 10.9 Å². The summed E-state index contributed by atoms with van der Waals surface area (Å²) in [5.41, 5.74) is 1.37. The van der Waals surface area contributed by atoms with Crippen LogP contribution < -0.4 is 0 Å². The highest BCUT2D eigenvalue weighted by atomic mass is 32.2. The van der Waals surface area contributed by atoms with Crippen LogP contribution in [0.1, 0.15) is 12.5 Å². The lowest BCUT2D eigenvalue weighted by Crippen LogP contribution is -2.08. The maximum atomic E-state index is 2.27. The fourth-order valence-electron chi connectivity index (χ4n) is 2.07. The molecule has 0 heterocycles. The first kappa shape index (κ1) is 14.7. The van der Waals surface area contributed by atoms with E-state index in [2.05, 4.69) is 85.8 Å². The van der Waals surface area contributed by atoms with E-state index < -0.39 is 0 Å². The average Bonchev–Trinajstić information content (AvgIpc) is 2.49. The lowest BCUT2D eigenvalue weighted by Gasteiger charge is -2.08. The van der Waals surface area contributed by atoms with E-state index in [4.69, 9.17) is 0 Å². The van der Waals surface area contributed by atoms with E-state index in [1.807, 2.05) is 6.92 Å². The predicted octanol–water partition coefficient (Wildman–Crippen LogP) is 5.16. The van der Waals surface area contributed by atoms with Crippen LogP contribution in [0, 0.1) is 6.92 Å². The summed E-state index contributed by atoms with van der Waals surface area (Å²) in [5, 5.41) is 0. The van der Waals surface area contributed by atoms with Gasteiger partial charge in [-0.3, -0.25) is 0 Å². The van der Waals surface area contributed by atoms with Gasteiger partial charge in [-0.05, 0) is 38.1 Å². The van der Waals surface area contributed by atoms with Gasteiger partial charge in [-0.1, -0.05) is 54.6 Å². The molecule has 0 saturated heterocycles. The summed E-state index contributed by atoms with van der Waals surface area (Å²) in [6, 6.07) is 19.5. The van der Waals surface area contributed by atoms with Crippen molar-refractivity contribution in [2.45, 2.75) is 23.6 Å². The summed E-state index contributed by atoms with van der Waals surface area (Å²) in [4.78, 5) is 2.86. The van der Waals surface area contributed by atoms with Gasteiger partial charge in [-0.25, -0.2) is 0 Å². The van der Waals surface area contributed by atoms with Gasteiger partial charge in [-0.15, -0.1) is 0 Å². The molecule has 0 aliphatic heterocycles. The normalized spacial score (nSPS) is 13.1. The first-order valence-electron chi connectivity index (χ1n) is 6.92. The molecule has 2 aromatic rings. The van der Waals surface area contributed by atoms with E-state index in [-0.39, 0.29) is 10.9 Å². The van der Waals surface area contributed by atoms with Crippen molar-refractivity contribution >= 4 is 10.9 Å². The van der Waals surface area contributed by atoms with E-state index >= 15 is 0 Å². The number of allylic oxidation sites excluding steroid dienone is 3. The molecule has 1 unspecified atom stereocenters. The zero-order valence-electron chi connectivity index (χ0n) is 12.1. The Kier molecular flexibility index (Phi) is 5.69. The predicted molar refractivity (Wildman–Crippen MR) is 90.3 cm³/mol. The summed E-state index contributed by atoms with van der Waals surface area (Å²) in [6.07, 6.45) is 8.55. The third-order valence-electron chi connectivity index (χ3n) is 3.09. The molecule has 0 aromatic heterocycles. The number of benzene rings is 2.